The maximum Gasteiger partial charge on any atom is 0.305 e. The highest BCUT2D eigenvalue weighted by atomic mass is 16.4. The van der Waals surface area contributed by atoms with Crippen LogP contribution in [0.1, 0.15) is 36.0 Å². The fraction of sp³-hybridized carbons (Fsp3) is 0.438. The van der Waals surface area contributed by atoms with Crippen LogP contribution < -0.4 is 10.6 Å². The molecule has 0 bridgehead atoms. The first-order chi connectivity index (χ1) is 10.5. The molecule has 0 aromatic heterocycles. The number of hydrogen-bond acceptors (Lipinski definition) is 3. The highest BCUT2D eigenvalue weighted by Gasteiger charge is 2.65. The molecular formula is C16H18N2O4. The van der Waals surface area contributed by atoms with Crippen LogP contribution >= 0.6 is 0 Å². The van der Waals surface area contributed by atoms with Crippen LogP contribution in [-0.2, 0) is 9.59 Å². The van der Waals surface area contributed by atoms with Crippen LogP contribution in [0.5, 0.6) is 0 Å². The summed E-state index contributed by atoms with van der Waals surface area (Å²) < 4.78 is 0. The molecule has 2 fully saturated rings. The molecule has 0 aliphatic heterocycles. The molecular weight excluding hydrogens is 284 g/mol. The van der Waals surface area contributed by atoms with Crippen molar-refractivity contribution >= 4 is 23.5 Å². The van der Waals surface area contributed by atoms with E-state index in [9.17, 15) is 14.4 Å². The standard InChI is InChI=1S/C16H18N2O4/c19-13(20)5-8-17-14(21)10-1-3-11(4-2-10)18-15(22)12-9-16(12)6-7-16/h1-4,12H,5-9H2,(H,17,21)(H,18,22)(H,19,20). The number of anilines is 1. The Bertz CT molecular complexity index is 620. The third kappa shape index (κ3) is 3.10. The molecule has 22 heavy (non-hydrogen) atoms. The normalized spacial score (nSPS) is 20.3. The van der Waals surface area contributed by atoms with Gasteiger partial charge in [0, 0.05) is 23.7 Å². The van der Waals surface area contributed by atoms with Crippen molar-refractivity contribution in [1.29, 1.82) is 0 Å². The zero-order chi connectivity index (χ0) is 15.7. The van der Waals surface area contributed by atoms with E-state index in [0.717, 1.165) is 6.42 Å². The quantitative estimate of drug-likeness (QED) is 0.744. The van der Waals surface area contributed by atoms with Crippen molar-refractivity contribution < 1.29 is 19.5 Å². The number of aliphatic carboxylic acids is 1. The summed E-state index contributed by atoms with van der Waals surface area (Å²) in [7, 11) is 0. The highest BCUT2D eigenvalue weighted by molar-refractivity contribution is 5.97. The van der Waals surface area contributed by atoms with Crippen LogP contribution in [0.4, 0.5) is 5.69 Å². The highest BCUT2D eigenvalue weighted by Crippen LogP contribution is 2.70. The molecule has 6 nitrogen and oxygen atoms in total. The van der Waals surface area contributed by atoms with Gasteiger partial charge in [-0.3, -0.25) is 14.4 Å². The Hall–Kier alpha value is -2.37. The van der Waals surface area contributed by atoms with E-state index in [1.807, 2.05) is 0 Å². The summed E-state index contributed by atoms with van der Waals surface area (Å²) >= 11 is 0. The molecule has 2 saturated carbocycles. The summed E-state index contributed by atoms with van der Waals surface area (Å²) in [6.07, 6.45) is 3.23. The van der Waals surface area contributed by atoms with Crippen molar-refractivity contribution in [3.05, 3.63) is 29.8 Å². The van der Waals surface area contributed by atoms with Gasteiger partial charge in [-0.15, -0.1) is 0 Å². The van der Waals surface area contributed by atoms with Gasteiger partial charge in [-0.25, -0.2) is 0 Å². The van der Waals surface area contributed by atoms with Gasteiger partial charge in [-0.1, -0.05) is 0 Å². The zero-order valence-corrected chi connectivity index (χ0v) is 12.1. The molecule has 1 aromatic rings. The van der Waals surface area contributed by atoms with Gasteiger partial charge >= 0.3 is 5.97 Å². The average Bonchev–Trinajstić information content (AvgIpc) is 3.39. The number of carboxylic acids is 1. The number of carbonyl (C=O) groups is 3. The number of nitrogens with one attached hydrogen (secondary N) is 2. The summed E-state index contributed by atoms with van der Waals surface area (Å²) in [4.78, 5) is 34.2. The molecule has 2 aliphatic rings. The zero-order valence-electron chi connectivity index (χ0n) is 12.1. The van der Waals surface area contributed by atoms with Crippen molar-refractivity contribution in [1.82, 2.24) is 5.32 Å². The van der Waals surface area contributed by atoms with Crippen molar-refractivity contribution in [3.63, 3.8) is 0 Å². The SMILES string of the molecule is O=C(O)CCNC(=O)c1ccc(NC(=O)C2CC23CC3)cc1. The topological polar surface area (TPSA) is 95.5 Å². The molecule has 1 spiro atoms. The molecule has 3 rings (SSSR count). The summed E-state index contributed by atoms with van der Waals surface area (Å²) in [5.41, 5.74) is 1.44. The van der Waals surface area contributed by atoms with Gasteiger partial charge in [-0.05, 0) is 48.9 Å². The molecule has 3 N–H and O–H groups in total. The summed E-state index contributed by atoms with van der Waals surface area (Å²) in [6.45, 7) is 0.0937. The van der Waals surface area contributed by atoms with Gasteiger partial charge in [0.05, 0.1) is 6.42 Å². The Morgan fingerprint density at radius 1 is 1.18 bits per heavy atom. The van der Waals surface area contributed by atoms with Crippen LogP contribution in [0, 0.1) is 11.3 Å². The Kier molecular flexibility index (Phi) is 3.60. The molecule has 6 heteroatoms. The first-order valence-electron chi connectivity index (χ1n) is 7.41. The van der Waals surface area contributed by atoms with E-state index in [4.69, 9.17) is 5.11 Å². The first kappa shape index (κ1) is 14.6. The van der Waals surface area contributed by atoms with Crippen LogP contribution in [-0.4, -0.2) is 29.4 Å². The number of hydrogen-bond donors (Lipinski definition) is 3. The Morgan fingerprint density at radius 3 is 2.41 bits per heavy atom. The second-order valence-corrected chi connectivity index (χ2v) is 6.09. The summed E-state index contributed by atoms with van der Waals surface area (Å²) in [5, 5.41) is 13.9. The maximum atomic E-state index is 12.0. The van der Waals surface area contributed by atoms with E-state index in [-0.39, 0.29) is 30.7 Å². The lowest BCUT2D eigenvalue weighted by atomic mass is 10.2. The Labute approximate surface area is 127 Å². The van der Waals surface area contributed by atoms with Crippen LogP contribution in [0.2, 0.25) is 0 Å². The van der Waals surface area contributed by atoms with E-state index in [1.165, 1.54) is 12.8 Å². The molecule has 116 valence electrons. The summed E-state index contributed by atoms with van der Waals surface area (Å²) in [5.74, 6) is -1.05. The van der Waals surface area contributed by atoms with E-state index in [0.29, 0.717) is 16.7 Å². The van der Waals surface area contributed by atoms with E-state index >= 15 is 0 Å². The minimum absolute atomic E-state index is 0.0659. The molecule has 2 amide bonds. The minimum atomic E-state index is -0.952. The molecule has 1 aromatic carbocycles. The second kappa shape index (κ2) is 5.44. The van der Waals surface area contributed by atoms with Gasteiger partial charge in [0.1, 0.15) is 0 Å². The average molecular weight is 302 g/mol. The fourth-order valence-corrected chi connectivity index (χ4v) is 2.75. The van der Waals surface area contributed by atoms with E-state index in [2.05, 4.69) is 10.6 Å². The van der Waals surface area contributed by atoms with Crippen LogP contribution in [0.25, 0.3) is 0 Å². The van der Waals surface area contributed by atoms with Crippen LogP contribution in [0.3, 0.4) is 0 Å². The molecule has 0 saturated heterocycles. The second-order valence-electron chi connectivity index (χ2n) is 6.09. The summed E-state index contributed by atoms with van der Waals surface area (Å²) in [6, 6.07) is 6.61. The molecule has 2 aliphatic carbocycles. The third-order valence-electron chi connectivity index (χ3n) is 4.44. The predicted molar refractivity (Wildman–Crippen MR) is 79.4 cm³/mol. The lowest BCUT2D eigenvalue weighted by Gasteiger charge is -2.07. The van der Waals surface area contributed by atoms with Crippen molar-refractivity contribution in [3.8, 4) is 0 Å². The fourth-order valence-electron chi connectivity index (χ4n) is 2.75. The van der Waals surface area contributed by atoms with Gasteiger partial charge in [-0.2, -0.15) is 0 Å². The largest absolute Gasteiger partial charge is 0.481 e. The maximum absolute atomic E-state index is 12.0. The Balaban J connectivity index is 1.50. The van der Waals surface area contributed by atoms with Gasteiger partial charge in [0.2, 0.25) is 5.91 Å². The van der Waals surface area contributed by atoms with Crippen molar-refractivity contribution in [2.24, 2.45) is 11.3 Å². The number of carboxylic acid groups (broad SMARTS) is 1. The number of amides is 2. The first-order valence-corrected chi connectivity index (χ1v) is 7.41. The van der Waals surface area contributed by atoms with E-state index in [1.54, 1.807) is 24.3 Å². The monoisotopic (exact) mass is 302 g/mol. The Morgan fingerprint density at radius 2 is 1.86 bits per heavy atom. The predicted octanol–water partition coefficient (Wildman–Crippen LogP) is 1.63. The van der Waals surface area contributed by atoms with Gasteiger partial charge in [0.15, 0.2) is 0 Å². The lowest BCUT2D eigenvalue weighted by molar-refractivity contribution is -0.136. The van der Waals surface area contributed by atoms with Gasteiger partial charge in [0.25, 0.3) is 5.91 Å². The van der Waals surface area contributed by atoms with Crippen molar-refractivity contribution in [2.75, 3.05) is 11.9 Å². The van der Waals surface area contributed by atoms with Gasteiger partial charge < -0.3 is 15.7 Å². The molecule has 0 radical (unpaired) electrons. The van der Waals surface area contributed by atoms with Crippen LogP contribution in [0.15, 0.2) is 24.3 Å². The van der Waals surface area contributed by atoms with E-state index < -0.39 is 5.97 Å². The minimum Gasteiger partial charge on any atom is -0.481 e. The number of carbonyl (C=O) groups excluding carboxylic acids is 2. The third-order valence-corrected chi connectivity index (χ3v) is 4.44. The molecule has 1 unspecified atom stereocenters. The molecule has 1 atom stereocenters. The number of benzene rings is 1. The smallest absolute Gasteiger partial charge is 0.305 e. The number of rotatable bonds is 6. The lowest BCUT2D eigenvalue weighted by Crippen LogP contribution is -2.26. The molecule has 0 heterocycles. The van der Waals surface area contributed by atoms with Crippen molar-refractivity contribution in [2.45, 2.75) is 25.7 Å².